The molecule has 3 heteroatoms. The van der Waals surface area contributed by atoms with Crippen LogP contribution in [-0.2, 0) is 4.79 Å². The molecule has 1 aromatic rings. The van der Waals surface area contributed by atoms with Gasteiger partial charge in [0.25, 0.3) is 0 Å². The van der Waals surface area contributed by atoms with Crippen LogP contribution in [0.5, 0.6) is 0 Å². The molecule has 20 heavy (non-hydrogen) atoms. The second-order valence-electron chi connectivity index (χ2n) is 6.20. The van der Waals surface area contributed by atoms with Gasteiger partial charge in [0, 0.05) is 17.8 Å². The first-order chi connectivity index (χ1) is 9.56. The van der Waals surface area contributed by atoms with Crippen LogP contribution < -0.4 is 11.1 Å². The van der Waals surface area contributed by atoms with Crippen LogP contribution in [0.15, 0.2) is 18.2 Å². The Kier molecular flexibility index (Phi) is 5.05. The highest BCUT2D eigenvalue weighted by atomic mass is 16.1. The number of benzene rings is 1. The van der Waals surface area contributed by atoms with Crippen LogP contribution in [0.1, 0.15) is 51.0 Å². The number of nitrogen functional groups attached to an aromatic ring is 1. The molecule has 1 amide bonds. The number of amides is 1. The molecule has 1 aromatic carbocycles. The Morgan fingerprint density at radius 3 is 2.75 bits per heavy atom. The van der Waals surface area contributed by atoms with E-state index in [0.717, 1.165) is 17.2 Å². The van der Waals surface area contributed by atoms with E-state index in [-0.39, 0.29) is 5.91 Å². The number of carbonyl (C=O) groups is 1. The molecule has 0 aromatic heterocycles. The molecule has 0 aliphatic heterocycles. The van der Waals surface area contributed by atoms with Crippen molar-refractivity contribution >= 4 is 17.3 Å². The van der Waals surface area contributed by atoms with Crippen LogP contribution in [0, 0.1) is 18.8 Å². The number of hydrogen-bond acceptors (Lipinski definition) is 2. The number of carbonyl (C=O) groups excluding carboxylic acids is 1. The molecular formula is C17H26N2O. The zero-order valence-corrected chi connectivity index (χ0v) is 12.6. The summed E-state index contributed by atoms with van der Waals surface area (Å²) in [6.07, 6.45) is 7.18. The van der Waals surface area contributed by atoms with E-state index >= 15 is 0 Å². The fourth-order valence-electron chi connectivity index (χ4n) is 3.14. The summed E-state index contributed by atoms with van der Waals surface area (Å²) in [5.74, 6) is 1.30. The van der Waals surface area contributed by atoms with Crippen molar-refractivity contribution in [3.05, 3.63) is 23.8 Å². The van der Waals surface area contributed by atoms with E-state index in [4.69, 9.17) is 5.73 Å². The summed E-state index contributed by atoms with van der Waals surface area (Å²) in [7, 11) is 0. The van der Waals surface area contributed by atoms with Crippen molar-refractivity contribution in [2.75, 3.05) is 11.1 Å². The molecule has 1 unspecified atom stereocenters. The molecule has 0 saturated heterocycles. The summed E-state index contributed by atoms with van der Waals surface area (Å²) in [4.78, 5) is 12.2. The van der Waals surface area contributed by atoms with Crippen molar-refractivity contribution in [2.45, 2.75) is 52.4 Å². The molecule has 1 saturated carbocycles. The Morgan fingerprint density at radius 2 is 2.05 bits per heavy atom. The fourth-order valence-corrected chi connectivity index (χ4v) is 3.14. The Hall–Kier alpha value is -1.51. The van der Waals surface area contributed by atoms with Crippen LogP contribution in [0.25, 0.3) is 0 Å². The molecule has 110 valence electrons. The van der Waals surface area contributed by atoms with Crippen molar-refractivity contribution in [2.24, 2.45) is 11.8 Å². The van der Waals surface area contributed by atoms with Gasteiger partial charge in [-0.25, -0.2) is 0 Å². The summed E-state index contributed by atoms with van der Waals surface area (Å²) < 4.78 is 0. The third-order valence-corrected chi connectivity index (χ3v) is 4.50. The van der Waals surface area contributed by atoms with Crippen LogP contribution in [0.4, 0.5) is 11.4 Å². The van der Waals surface area contributed by atoms with Gasteiger partial charge in [0.05, 0.1) is 0 Å². The van der Waals surface area contributed by atoms with Gasteiger partial charge in [-0.05, 0) is 36.5 Å². The van der Waals surface area contributed by atoms with Gasteiger partial charge in [0.15, 0.2) is 0 Å². The first kappa shape index (κ1) is 14.9. The van der Waals surface area contributed by atoms with Gasteiger partial charge in [-0.15, -0.1) is 0 Å². The summed E-state index contributed by atoms with van der Waals surface area (Å²) in [6, 6.07) is 5.63. The molecule has 2 rings (SSSR count). The second kappa shape index (κ2) is 6.78. The Labute approximate surface area is 121 Å². The van der Waals surface area contributed by atoms with Gasteiger partial charge in [-0.3, -0.25) is 4.79 Å². The molecule has 1 fully saturated rings. The maximum atomic E-state index is 12.2. The number of rotatable bonds is 4. The first-order valence-corrected chi connectivity index (χ1v) is 7.72. The Balaban J connectivity index is 1.89. The minimum atomic E-state index is 0.108. The quantitative estimate of drug-likeness (QED) is 0.811. The third-order valence-electron chi connectivity index (χ3n) is 4.50. The molecule has 1 atom stereocenters. The van der Waals surface area contributed by atoms with Crippen molar-refractivity contribution in [1.82, 2.24) is 0 Å². The zero-order valence-electron chi connectivity index (χ0n) is 12.6. The highest BCUT2D eigenvalue weighted by molar-refractivity contribution is 5.92. The van der Waals surface area contributed by atoms with Crippen LogP contribution in [-0.4, -0.2) is 5.91 Å². The lowest BCUT2D eigenvalue weighted by Gasteiger charge is -2.27. The lowest BCUT2D eigenvalue weighted by atomic mass is 9.79. The Morgan fingerprint density at radius 1 is 1.35 bits per heavy atom. The topological polar surface area (TPSA) is 55.1 Å². The largest absolute Gasteiger partial charge is 0.399 e. The summed E-state index contributed by atoms with van der Waals surface area (Å²) in [5.41, 5.74) is 8.35. The molecule has 1 aliphatic rings. The lowest BCUT2D eigenvalue weighted by Crippen LogP contribution is -2.22. The smallest absolute Gasteiger partial charge is 0.224 e. The molecule has 0 radical (unpaired) electrons. The molecule has 1 aliphatic carbocycles. The van der Waals surface area contributed by atoms with E-state index in [2.05, 4.69) is 12.2 Å². The number of hydrogen-bond donors (Lipinski definition) is 2. The SMILES string of the molecule is Cc1ccc(N)cc1NC(=O)CC(C)C1CCCCC1. The van der Waals surface area contributed by atoms with Crippen LogP contribution in [0.2, 0.25) is 0 Å². The normalized spacial score (nSPS) is 17.7. The highest BCUT2D eigenvalue weighted by Gasteiger charge is 2.22. The van der Waals surface area contributed by atoms with Crippen molar-refractivity contribution < 1.29 is 4.79 Å². The van der Waals surface area contributed by atoms with Gasteiger partial charge in [0.1, 0.15) is 0 Å². The van der Waals surface area contributed by atoms with E-state index in [1.165, 1.54) is 32.1 Å². The van der Waals surface area contributed by atoms with Gasteiger partial charge in [0.2, 0.25) is 5.91 Å². The fraction of sp³-hybridized carbons (Fsp3) is 0.588. The van der Waals surface area contributed by atoms with Gasteiger partial charge >= 0.3 is 0 Å². The number of anilines is 2. The maximum absolute atomic E-state index is 12.2. The number of nitrogens with two attached hydrogens (primary N) is 1. The van der Waals surface area contributed by atoms with Gasteiger partial charge in [-0.1, -0.05) is 45.1 Å². The second-order valence-corrected chi connectivity index (χ2v) is 6.20. The zero-order chi connectivity index (χ0) is 14.5. The minimum absolute atomic E-state index is 0.108. The van der Waals surface area contributed by atoms with E-state index in [0.29, 0.717) is 18.0 Å². The van der Waals surface area contributed by atoms with Crippen LogP contribution in [0.3, 0.4) is 0 Å². The molecule has 0 bridgehead atoms. The van der Waals surface area contributed by atoms with Crippen molar-refractivity contribution in [1.29, 1.82) is 0 Å². The van der Waals surface area contributed by atoms with E-state index in [9.17, 15) is 4.79 Å². The highest BCUT2D eigenvalue weighted by Crippen LogP contribution is 2.31. The number of aryl methyl sites for hydroxylation is 1. The lowest BCUT2D eigenvalue weighted by molar-refractivity contribution is -0.117. The predicted molar refractivity (Wildman–Crippen MR) is 84.6 cm³/mol. The molecule has 0 spiro atoms. The first-order valence-electron chi connectivity index (χ1n) is 7.72. The summed E-state index contributed by atoms with van der Waals surface area (Å²) in [5, 5.41) is 3.00. The van der Waals surface area contributed by atoms with Crippen molar-refractivity contribution in [3.8, 4) is 0 Å². The molecule has 0 heterocycles. The van der Waals surface area contributed by atoms with Gasteiger partial charge < -0.3 is 11.1 Å². The van der Waals surface area contributed by atoms with E-state index in [1.54, 1.807) is 0 Å². The third kappa shape index (κ3) is 3.99. The average Bonchev–Trinajstić information content (AvgIpc) is 2.43. The van der Waals surface area contributed by atoms with Crippen LogP contribution >= 0.6 is 0 Å². The molecule has 3 N–H and O–H groups in total. The monoisotopic (exact) mass is 274 g/mol. The maximum Gasteiger partial charge on any atom is 0.224 e. The van der Waals surface area contributed by atoms with Crippen molar-refractivity contribution in [3.63, 3.8) is 0 Å². The summed E-state index contributed by atoms with van der Waals surface area (Å²) >= 11 is 0. The standard InChI is InChI=1S/C17H26N2O/c1-12-8-9-15(18)11-16(12)19-17(20)10-13(2)14-6-4-3-5-7-14/h8-9,11,13-14H,3-7,10,18H2,1-2H3,(H,19,20). The number of nitrogens with one attached hydrogen (secondary N) is 1. The summed E-state index contributed by atoms with van der Waals surface area (Å²) in [6.45, 7) is 4.20. The van der Waals surface area contributed by atoms with E-state index in [1.807, 2.05) is 25.1 Å². The predicted octanol–water partition coefficient (Wildman–Crippen LogP) is 4.12. The Bertz CT molecular complexity index is 464. The molecular weight excluding hydrogens is 248 g/mol. The minimum Gasteiger partial charge on any atom is -0.399 e. The average molecular weight is 274 g/mol. The van der Waals surface area contributed by atoms with Gasteiger partial charge in [-0.2, -0.15) is 0 Å². The molecule has 3 nitrogen and oxygen atoms in total. The van der Waals surface area contributed by atoms with E-state index < -0.39 is 0 Å².